The molecule has 0 N–H and O–H groups in total. The fraction of sp³-hybridized carbons (Fsp3) is 0.765. The Bertz CT molecular complexity index is 314. The van der Waals surface area contributed by atoms with Crippen molar-refractivity contribution < 1.29 is 13.6 Å². The van der Waals surface area contributed by atoms with Gasteiger partial charge < -0.3 is 13.6 Å². The summed E-state index contributed by atoms with van der Waals surface area (Å²) < 4.78 is 11.9. The minimum Gasteiger partial charge on any atom is -0.467 e. The first-order valence-corrected chi connectivity index (χ1v) is 7.98. The van der Waals surface area contributed by atoms with Gasteiger partial charge in [0.1, 0.15) is 12.4 Å². The highest BCUT2D eigenvalue weighted by molar-refractivity contribution is 4.95. The Morgan fingerprint density at radius 1 is 0.950 bits per heavy atom. The molecule has 0 unspecified atom stereocenters. The van der Waals surface area contributed by atoms with E-state index in [0.29, 0.717) is 6.61 Å². The average molecular weight is 282 g/mol. The molecule has 0 aliphatic heterocycles. The van der Waals surface area contributed by atoms with Crippen LogP contribution in [0.3, 0.4) is 0 Å². The number of furan rings is 1. The van der Waals surface area contributed by atoms with Crippen LogP contribution in [0.1, 0.15) is 50.7 Å². The molecule has 3 heteroatoms. The van der Waals surface area contributed by atoms with E-state index >= 15 is 0 Å². The minimum absolute atomic E-state index is 0.609. The highest BCUT2D eigenvalue weighted by atomic mass is 16.5. The maximum atomic E-state index is 5.56. The number of hydrogen-bond donors (Lipinski definition) is 0. The third-order valence-corrected chi connectivity index (χ3v) is 3.44. The summed E-state index contributed by atoms with van der Waals surface area (Å²) in [6, 6.07) is 3.85. The Kier molecular flexibility index (Phi) is 8.63. The summed E-state index contributed by atoms with van der Waals surface area (Å²) in [5.74, 6) is 0.919. The van der Waals surface area contributed by atoms with Gasteiger partial charge in [0.05, 0.1) is 34.0 Å². The smallest absolute Gasteiger partial charge is 0.129 e. The normalized spacial score (nSPS) is 11.9. The number of ether oxygens (including phenoxy) is 1. The first kappa shape index (κ1) is 17.3. The molecule has 1 aromatic heterocycles. The minimum atomic E-state index is 0.609. The zero-order valence-corrected chi connectivity index (χ0v) is 13.6. The molecule has 0 aliphatic rings. The van der Waals surface area contributed by atoms with Crippen LogP contribution >= 0.6 is 0 Å². The molecule has 0 radical (unpaired) electrons. The van der Waals surface area contributed by atoms with Gasteiger partial charge in [0.15, 0.2) is 0 Å². The van der Waals surface area contributed by atoms with Crippen LogP contribution in [0.25, 0.3) is 0 Å². The molecule has 0 saturated carbocycles. The van der Waals surface area contributed by atoms with Crippen molar-refractivity contribution in [2.75, 3.05) is 34.3 Å². The second-order valence-electron chi connectivity index (χ2n) is 6.62. The van der Waals surface area contributed by atoms with Crippen LogP contribution in [-0.2, 0) is 11.3 Å². The summed E-state index contributed by atoms with van der Waals surface area (Å²) in [5, 5.41) is 0. The Morgan fingerprint density at radius 3 is 2.20 bits per heavy atom. The zero-order chi connectivity index (χ0) is 14.7. The van der Waals surface area contributed by atoms with E-state index < -0.39 is 0 Å². The highest BCUT2D eigenvalue weighted by Gasteiger charge is 2.04. The van der Waals surface area contributed by atoms with Crippen molar-refractivity contribution in [1.29, 1.82) is 0 Å². The molecule has 3 nitrogen and oxygen atoms in total. The van der Waals surface area contributed by atoms with Gasteiger partial charge in [-0.25, -0.2) is 0 Å². The number of unbranched alkanes of at least 4 members (excludes halogenated alkanes) is 6. The maximum Gasteiger partial charge on any atom is 0.129 e. The van der Waals surface area contributed by atoms with E-state index in [1.165, 1.54) is 51.5 Å². The third-order valence-electron chi connectivity index (χ3n) is 3.44. The van der Waals surface area contributed by atoms with Gasteiger partial charge in [0.2, 0.25) is 0 Å². The molecular formula is C17H32NO2+. The molecule has 0 fully saturated rings. The maximum absolute atomic E-state index is 5.56. The lowest BCUT2D eigenvalue weighted by atomic mass is 10.1. The molecular weight excluding hydrogens is 250 g/mol. The summed E-state index contributed by atoms with van der Waals surface area (Å²) in [6.45, 7) is 2.75. The summed E-state index contributed by atoms with van der Waals surface area (Å²) in [7, 11) is 6.80. The van der Waals surface area contributed by atoms with E-state index in [4.69, 9.17) is 9.15 Å². The summed E-state index contributed by atoms with van der Waals surface area (Å²) in [6.07, 6.45) is 11.0. The van der Waals surface area contributed by atoms with E-state index in [2.05, 4.69) is 21.1 Å². The molecule has 0 amide bonds. The van der Waals surface area contributed by atoms with Gasteiger partial charge in [-0.05, 0) is 31.4 Å². The fourth-order valence-corrected chi connectivity index (χ4v) is 2.24. The van der Waals surface area contributed by atoms with Crippen LogP contribution in [0.2, 0.25) is 0 Å². The van der Waals surface area contributed by atoms with Gasteiger partial charge >= 0.3 is 0 Å². The van der Waals surface area contributed by atoms with Gasteiger partial charge in [-0.2, -0.15) is 0 Å². The lowest BCUT2D eigenvalue weighted by Crippen LogP contribution is -2.35. The second-order valence-corrected chi connectivity index (χ2v) is 6.62. The van der Waals surface area contributed by atoms with E-state index in [0.717, 1.165) is 16.9 Å². The predicted octanol–water partition coefficient (Wildman–Crippen LogP) is 4.23. The van der Waals surface area contributed by atoms with Crippen molar-refractivity contribution in [1.82, 2.24) is 0 Å². The van der Waals surface area contributed by atoms with Gasteiger partial charge in [0.25, 0.3) is 0 Å². The van der Waals surface area contributed by atoms with Crippen LogP contribution in [0, 0.1) is 0 Å². The first-order valence-electron chi connectivity index (χ1n) is 7.98. The van der Waals surface area contributed by atoms with Gasteiger partial charge in [-0.1, -0.05) is 25.7 Å². The monoisotopic (exact) mass is 282 g/mol. The Balaban J connectivity index is 1.77. The SMILES string of the molecule is C[N+](C)(C)CCCCCCCCCOCc1ccco1. The van der Waals surface area contributed by atoms with Crippen molar-refractivity contribution in [2.45, 2.75) is 51.6 Å². The first-order chi connectivity index (χ1) is 9.58. The van der Waals surface area contributed by atoms with Crippen LogP contribution in [0.5, 0.6) is 0 Å². The Labute approximate surface area is 124 Å². The summed E-state index contributed by atoms with van der Waals surface area (Å²) in [5.41, 5.74) is 0. The van der Waals surface area contributed by atoms with E-state index in [1.54, 1.807) is 6.26 Å². The van der Waals surface area contributed by atoms with Crippen LogP contribution in [0.4, 0.5) is 0 Å². The number of hydrogen-bond acceptors (Lipinski definition) is 2. The van der Waals surface area contributed by atoms with E-state index in [9.17, 15) is 0 Å². The van der Waals surface area contributed by atoms with E-state index in [-0.39, 0.29) is 0 Å². The molecule has 20 heavy (non-hydrogen) atoms. The quantitative estimate of drug-likeness (QED) is 0.423. The molecule has 1 heterocycles. The highest BCUT2D eigenvalue weighted by Crippen LogP contribution is 2.09. The molecule has 0 bridgehead atoms. The van der Waals surface area contributed by atoms with Crippen molar-refractivity contribution in [2.24, 2.45) is 0 Å². The van der Waals surface area contributed by atoms with Crippen molar-refractivity contribution >= 4 is 0 Å². The molecule has 0 aromatic carbocycles. The lowest BCUT2D eigenvalue weighted by Gasteiger charge is -2.23. The van der Waals surface area contributed by atoms with E-state index in [1.807, 2.05) is 12.1 Å². The number of nitrogens with zero attached hydrogens (tertiary/aromatic N) is 1. The van der Waals surface area contributed by atoms with Crippen molar-refractivity contribution in [3.05, 3.63) is 24.2 Å². The molecule has 0 aliphatic carbocycles. The average Bonchev–Trinajstić information content (AvgIpc) is 2.87. The van der Waals surface area contributed by atoms with Crippen molar-refractivity contribution in [3.8, 4) is 0 Å². The Hall–Kier alpha value is -0.800. The van der Waals surface area contributed by atoms with Gasteiger partial charge in [-0.3, -0.25) is 0 Å². The zero-order valence-electron chi connectivity index (χ0n) is 13.6. The molecule has 0 spiro atoms. The van der Waals surface area contributed by atoms with Crippen LogP contribution in [-0.4, -0.2) is 38.8 Å². The van der Waals surface area contributed by atoms with Gasteiger partial charge in [0, 0.05) is 6.61 Å². The predicted molar refractivity (Wildman–Crippen MR) is 83.6 cm³/mol. The summed E-state index contributed by atoms with van der Waals surface area (Å²) >= 11 is 0. The topological polar surface area (TPSA) is 22.4 Å². The van der Waals surface area contributed by atoms with Gasteiger partial charge in [-0.15, -0.1) is 0 Å². The fourth-order valence-electron chi connectivity index (χ4n) is 2.24. The molecule has 1 rings (SSSR count). The Morgan fingerprint density at radius 2 is 1.60 bits per heavy atom. The molecule has 0 atom stereocenters. The second kappa shape index (κ2) is 10.0. The lowest BCUT2D eigenvalue weighted by molar-refractivity contribution is -0.870. The molecule has 116 valence electrons. The standard InChI is InChI=1S/C17H32NO2/c1-18(2,3)13-9-7-5-4-6-8-10-14-19-16-17-12-11-15-20-17/h11-12,15H,4-10,13-14,16H2,1-3H3/q+1. The molecule has 0 saturated heterocycles. The number of quaternary nitrogens is 1. The van der Waals surface area contributed by atoms with Crippen LogP contribution < -0.4 is 0 Å². The summed E-state index contributed by atoms with van der Waals surface area (Å²) in [4.78, 5) is 0. The molecule has 1 aromatic rings. The number of rotatable bonds is 12. The largest absolute Gasteiger partial charge is 0.467 e. The van der Waals surface area contributed by atoms with Crippen LogP contribution in [0.15, 0.2) is 22.8 Å². The van der Waals surface area contributed by atoms with Crippen molar-refractivity contribution in [3.63, 3.8) is 0 Å². The third kappa shape index (κ3) is 10.0.